The predicted molar refractivity (Wildman–Crippen MR) is 109 cm³/mol. The molecule has 1 amide bonds. The summed E-state index contributed by atoms with van der Waals surface area (Å²) in [6, 6.07) is 11.1. The van der Waals surface area contributed by atoms with Crippen molar-refractivity contribution >= 4 is 29.0 Å². The van der Waals surface area contributed by atoms with Crippen LogP contribution in [0.4, 0.5) is 23.1 Å². The summed E-state index contributed by atoms with van der Waals surface area (Å²) in [4.78, 5) is 23.6. The lowest BCUT2D eigenvalue weighted by Gasteiger charge is -2.28. The van der Waals surface area contributed by atoms with E-state index in [0.717, 1.165) is 30.3 Å². The number of amides is 1. The van der Waals surface area contributed by atoms with Gasteiger partial charge < -0.3 is 20.0 Å². The lowest BCUT2D eigenvalue weighted by Crippen LogP contribution is -2.30. The number of furan rings is 1. The molecule has 1 aliphatic rings. The van der Waals surface area contributed by atoms with E-state index in [-0.39, 0.29) is 5.91 Å². The van der Waals surface area contributed by atoms with Crippen LogP contribution >= 0.6 is 0 Å². The lowest BCUT2D eigenvalue weighted by molar-refractivity contribution is 0.102. The number of anilines is 4. The second kappa shape index (κ2) is 8.12. The highest BCUT2D eigenvalue weighted by Crippen LogP contribution is 2.22. The van der Waals surface area contributed by atoms with Crippen molar-refractivity contribution in [2.24, 2.45) is 0 Å². The Hall–Kier alpha value is -3.35. The summed E-state index contributed by atoms with van der Waals surface area (Å²) in [6.07, 6.45) is 6.59. The van der Waals surface area contributed by atoms with Crippen LogP contribution in [0.15, 0.2) is 53.3 Å². The molecule has 0 unspecified atom stereocenters. The molecule has 0 saturated carbocycles. The van der Waals surface area contributed by atoms with Crippen LogP contribution in [0.1, 0.15) is 35.3 Å². The molecule has 3 aromatic rings. The average Bonchev–Trinajstić information content (AvgIpc) is 3.25. The fourth-order valence-corrected chi connectivity index (χ4v) is 3.26. The number of piperidine rings is 1. The van der Waals surface area contributed by atoms with E-state index in [9.17, 15) is 4.79 Å². The van der Waals surface area contributed by atoms with E-state index in [0.29, 0.717) is 17.2 Å². The fraction of sp³-hybridized carbons (Fsp3) is 0.286. The average molecular weight is 377 g/mol. The minimum absolute atomic E-state index is 0.206. The number of nitrogens with one attached hydrogen (secondary N) is 2. The third-order valence-electron chi connectivity index (χ3n) is 4.70. The maximum Gasteiger partial charge on any atom is 0.258 e. The second-order valence-electron chi connectivity index (χ2n) is 6.91. The number of rotatable bonds is 5. The number of carbonyl (C=O) groups is 1. The number of benzene rings is 1. The minimum atomic E-state index is -0.206. The van der Waals surface area contributed by atoms with Gasteiger partial charge in [-0.15, -0.1) is 0 Å². The zero-order valence-electron chi connectivity index (χ0n) is 15.8. The highest BCUT2D eigenvalue weighted by atomic mass is 16.3. The minimum Gasteiger partial charge on any atom is -0.472 e. The van der Waals surface area contributed by atoms with Gasteiger partial charge in [-0.2, -0.15) is 4.98 Å². The van der Waals surface area contributed by atoms with E-state index < -0.39 is 0 Å². The molecule has 1 aliphatic heterocycles. The van der Waals surface area contributed by atoms with Crippen LogP contribution in [-0.2, 0) is 0 Å². The molecule has 4 rings (SSSR count). The van der Waals surface area contributed by atoms with Gasteiger partial charge in [-0.3, -0.25) is 4.79 Å². The second-order valence-corrected chi connectivity index (χ2v) is 6.91. The molecule has 7 nitrogen and oxygen atoms in total. The zero-order valence-corrected chi connectivity index (χ0v) is 15.8. The third-order valence-corrected chi connectivity index (χ3v) is 4.70. The first kappa shape index (κ1) is 18.0. The Kier molecular flexibility index (Phi) is 5.23. The number of carbonyl (C=O) groups excluding carboxylic acids is 1. The number of aromatic nitrogens is 2. The molecule has 1 fully saturated rings. The van der Waals surface area contributed by atoms with Crippen molar-refractivity contribution in [3.05, 3.63) is 60.2 Å². The maximum atomic E-state index is 12.1. The Labute approximate surface area is 163 Å². The molecule has 3 heterocycles. The Bertz CT molecular complexity index is 932. The van der Waals surface area contributed by atoms with Crippen molar-refractivity contribution in [1.82, 2.24) is 9.97 Å². The summed E-state index contributed by atoms with van der Waals surface area (Å²) in [6.45, 7) is 4.07. The van der Waals surface area contributed by atoms with E-state index in [1.807, 2.05) is 37.3 Å². The summed E-state index contributed by atoms with van der Waals surface area (Å²) >= 11 is 0. The predicted octanol–water partition coefficient (Wildman–Crippen LogP) is 4.36. The Morgan fingerprint density at radius 1 is 1.04 bits per heavy atom. The van der Waals surface area contributed by atoms with Gasteiger partial charge in [-0.25, -0.2) is 4.98 Å². The quantitative estimate of drug-likeness (QED) is 0.687. The summed E-state index contributed by atoms with van der Waals surface area (Å²) in [5, 5.41) is 6.09. The van der Waals surface area contributed by atoms with Gasteiger partial charge in [0.15, 0.2) is 0 Å². The smallest absolute Gasteiger partial charge is 0.258 e. The van der Waals surface area contributed by atoms with Crippen LogP contribution in [0.2, 0.25) is 0 Å². The van der Waals surface area contributed by atoms with Crippen LogP contribution < -0.4 is 15.5 Å². The SMILES string of the molecule is Cc1cc(N2CCCCC2)nc(Nc2ccc(NC(=O)c3ccoc3)cc2)n1. The Morgan fingerprint density at radius 3 is 2.50 bits per heavy atom. The summed E-state index contributed by atoms with van der Waals surface area (Å²) < 4.78 is 4.93. The van der Waals surface area contributed by atoms with Crippen molar-refractivity contribution in [3.63, 3.8) is 0 Å². The van der Waals surface area contributed by atoms with Crippen LogP contribution in [0.25, 0.3) is 0 Å². The molecule has 28 heavy (non-hydrogen) atoms. The fourth-order valence-electron chi connectivity index (χ4n) is 3.26. The molecule has 7 heteroatoms. The number of hydrogen-bond acceptors (Lipinski definition) is 6. The van der Waals surface area contributed by atoms with Crippen LogP contribution in [-0.4, -0.2) is 29.0 Å². The summed E-state index contributed by atoms with van der Waals surface area (Å²) in [7, 11) is 0. The van der Waals surface area contributed by atoms with Gasteiger partial charge in [0.2, 0.25) is 5.95 Å². The standard InChI is InChI=1S/C21H23N5O2/c1-15-13-19(26-10-3-2-4-11-26)25-21(22-15)24-18-7-5-17(6-8-18)23-20(27)16-9-12-28-14-16/h5-9,12-14H,2-4,10-11H2,1H3,(H,23,27)(H,22,24,25). The molecule has 0 aliphatic carbocycles. The largest absolute Gasteiger partial charge is 0.472 e. The van der Waals surface area contributed by atoms with Crippen LogP contribution in [0, 0.1) is 6.92 Å². The highest BCUT2D eigenvalue weighted by Gasteiger charge is 2.14. The molecule has 1 aromatic carbocycles. The molecule has 2 N–H and O–H groups in total. The van der Waals surface area contributed by atoms with Gasteiger partial charge in [0.05, 0.1) is 11.8 Å². The van der Waals surface area contributed by atoms with Crippen LogP contribution in [0.5, 0.6) is 0 Å². The van der Waals surface area contributed by atoms with E-state index in [1.54, 1.807) is 6.07 Å². The molecule has 144 valence electrons. The summed E-state index contributed by atoms with van der Waals surface area (Å²) in [5.41, 5.74) is 2.98. The normalized spacial score (nSPS) is 14.0. The van der Waals surface area contributed by atoms with E-state index in [1.165, 1.54) is 31.8 Å². The molecular weight excluding hydrogens is 354 g/mol. The lowest BCUT2D eigenvalue weighted by atomic mass is 10.1. The zero-order chi connectivity index (χ0) is 19.3. The Morgan fingerprint density at radius 2 is 1.79 bits per heavy atom. The van der Waals surface area contributed by atoms with Crippen molar-refractivity contribution in [1.29, 1.82) is 0 Å². The number of hydrogen-bond donors (Lipinski definition) is 2. The van der Waals surface area contributed by atoms with Gasteiger partial charge in [-0.05, 0) is 56.5 Å². The van der Waals surface area contributed by atoms with Gasteiger partial charge in [0.25, 0.3) is 5.91 Å². The van der Waals surface area contributed by atoms with Crippen LogP contribution in [0.3, 0.4) is 0 Å². The van der Waals surface area contributed by atoms with Crippen molar-refractivity contribution in [2.75, 3.05) is 28.6 Å². The van der Waals surface area contributed by atoms with Gasteiger partial charge >= 0.3 is 0 Å². The first-order chi connectivity index (χ1) is 13.7. The number of aryl methyl sites for hydroxylation is 1. The van der Waals surface area contributed by atoms with Crippen molar-refractivity contribution in [3.8, 4) is 0 Å². The number of nitrogens with zero attached hydrogens (tertiary/aromatic N) is 3. The molecule has 0 radical (unpaired) electrons. The van der Waals surface area contributed by atoms with E-state index in [2.05, 4.69) is 25.5 Å². The monoisotopic (exact) mass is 377 g/mol. The molecule has 2 aromatic heterocycles. The molecule has 0 atom stereocenters. The van der Waals surface area contributed by atoms with Crippen molar-refractivity contribution in [2.45, 2.75) is 26.2 Å². The van der Waals surface area contributed by atoms with E-state index in [4.69, 9.17) is 4.42 Å². The van der Waals surface area contributed by atoms with Gasteiger partial charge in [0.1, 0.15) is 12.1 Å². The molecular formula is C21H23N5O2. The first-order valence-electron chi connectivity index (χ1n) is 9.49. The van der Waals surface area contributed by atoms with Crippen molar-refractivity contribution < 1.29 is 9.21 Å². The molecule has 0 spiro atoms. The molecule has 0 bridgehead atoms. The Balaban J connectivity index is 1.44. The van der Waals surface area contributed by atoms with E-state index >= 15 is 0 Å². The maximum absolute atomic E-state index is 12.1. The van der Waals surface area contributed by atoms with Gasteiger partial charge in [-0.1, -0.05) is 0 Å². The molecule has 1 saturated heterocycles. The van der Waals surface area contributed by atoms with Gasteiger partial charge in [0, 0.05) is 36.2 Å². The highest BCUT2D eigenvalue weighted by molar-refractivity contribution is 6.04. The summed E-state index contributed by atoms with van der Waals surface area (Å²) in [5.74, 6) is 1.34. The third kappa shape index (κ3) is 4.31. The topological polar surface area (TPSA) is 83.3 Å². The first-order valence-corrected chi connectivity index (χ1v) is 9.49.